The molecule has 1 aliphatic heterocycles. The first kappa shape index (κ1) is 18.7. The molecule has 140 valence electrons. The molecule has 6 nitrogen and oxygen atoms in total. The fourth-order valence-corrected chi connectivity index (χ4v) is 3.19. The zero-order chi connectivity index (χ0) is 18.4. The van der Waals surface area contributed by atoms with E-state index in [4.69, 9.17) is 16.3 Å². The fraction of sp³-hybridized carbons (Fsp3) is 0.526. The number of nitrogens with one attached hydrogen (secondary N) is 1. The lowest BCUT2D eigenvalue weighted by atomic mass is 10.2. The molecule has 2 heterocycles. The van der Waals surface area contributed by atoms with Gasteiger partial charge in [-0.25, -0.2) is 0 Å². The molecule has 1 aromatic heterocycles. The predicted octanol–water partition coefficient (Wildman–Crippen LogP) is 3.44. The van der Waals surface area contributed by atoms with E-state index in [1.165, 1.54) is 6.42 Å². The summed E-state index contributed by atoms with van der Waals surface area (Å²) >= 11 is 5.99. The summed E-state index contributed by atoms with van der Waals surface area (Å²) in [5, 5.41) is 12.1. The van der Waals surface area contributed by atoms with E-state index in [-0.39, 0.29) is 5.91 Å². The third-order valence-electron chi connectivity index (χ3n) is 4.58. The molecular formula is C19H25ClN4O2. The van der Waals surface area contributed by atoms with Crippen molar-refractivity contribution in [2.24, 2.45) is 0 Å². The number of hydrogen-bond acceptors (Lipinski definition) is 4. The van der Waals surface area contributed by atoms with Gasteiger partial charge in [0, 0.05) is 24.4 Å². The lowest BCUT2D eigenvalue weighted by Crippen LogP contribution is -2.25. The molecule has 1 N–H and O–H groups in total. The van der Waals surface area contributed by atoms with Gasteiger partial charge < -0.3 is 14.6 Å². The molecule has 0 saturated carbocycles. The number of benzene rings is 1. The molecule has 7 heteroatoms. The van der Waals surface area contributed by atoms with Crippen LogP contribution in [0.4, 0.5) is 0 Å². The summed E-state index contributed by atoms with van der Waals surface area (Å²) in [5.74, 6) is 2.67. The van der Waals surface area contributed by atoms with Crippen molar-refractivity contribution in [3.8, 4) is 5.75 Å². The molecule has 1 aromatic carbocycles. The van der Waals surface area contributed by atoms with Gasteiger partial charge in [-0.05, 0) is 49.9 Å². The summed E-state index contributed by atoms with van der Waals surface area (Å²) in [5.41, 5.74) is 0.981. The lowest BCUT2D eigenvalue weighted by Gasteiger charge is -2.09. The van der Waals surface area contributed by atoms with Crippen LogP contribution in [0.25, 0.3) is 0 Å². The molecule has 2 aromatic rings. The van der Waals surface area contributed by atoms with Crippen molar-refractivity contribution in [2.75, 3.05) is 6.61 Å². The van der Waals surface area contributed by atoms with Gasteiger partial charge in [-0.15, -0.1) is 10.2 Å². The Balaban J connectivity index is 1.38. The number of ether oxygens (including phenoxy) is 1. The van der Waals surface area contributed by atoms with Crippen LogP contribution < -0.4 is 10.1 Å². The van der Waals surface area contributed by atoms with Crippen LogP contribution >= 0.6 is 11.6 Å². The first-order valence-corrected chi connectivity index (χ1v) is 9.58. The summed E-state index contributed by atoms with van der Waals surface area (Å²) in [6.07, 6.45) is 5.59. The van der Waals surface area contributed by atoms with Crippen molar-refractivity contribution >= 4 is 17.5 Å². The van der Waals surface area contributed by atoms with Crippen molar-refractivity contribution in [2.45, 2.75) is 58.5 Å². The molecular weight excluding hydrogens is 352 g/mol. The topological polar surface area (TPSA) is 69.0 Å². The molecule has 1 amide bonds. The van der Waals surface area contributed by atoms with Crippen molar-refractivity contribution < 1.29 is 9.53 Å². The van der Waals surface area contributed by atoms with Gasteiger partial charge in [0.2, 0.25) is 5.91 Å². The van der Waals surface area contributed by atoms with E-state index in [0.29, 0.717) is 26.0 Å². The van der Waals surface area contributed by atoms with Crippen molar-refractivity contribution in [1.29, 1.82) is 0 Å². The molecule has 0 unspecified atom stereocenters. The molecule has 0 atom stereocenters. The first-order valence-electron chi connectivity index (χ1n) is 9.20. The summed E-state index contributed by atoms with van der Waals surface area (Å²) < 4.78 is 7.82. The smallest absolute Gasteiger partial charge is 0.220 e. The minimum atomic E-state index is 0.00635. The average molecular weight is 377 g/mol. The van der Waals surface area contributed by atoms with Gasteiger partial charge in [0.15, 0.2) is 5.82 Å². The average Bonchev–Trinajstić information content (AvgIpc) is 2.86. The molecule has 0 bridgehead atoms. The van der Waals surface area contributed by atoms with Gasteiger partial charge in [-0.3, -0.25) is 4.79 Å². The van der Waals surface area contributed by atoms with Gasteiger partial charge in [0.1, 0.15) is 11.6 Å². The number of aromatic nitrogens is 3. The van der Waals surface area contributed by atoms with Crippen LogP contribution in [-0.4, -0.2) is 27.3 Å². The normalized spacial score (nSPS) is 13.8. The molecule has 0 fully saturated rings. The molecule has 0 spiro atoms. The number of carbonyl (C=O) groups excluding carboxylic acids is 1. The highest BCUT2D eigenvalue weighted by Gasteiger charge is 2.15. The number of carbonyl (C=O) groups is 1. The third-order valence-corrected chi connectivity index (χ3v) is 5.00. The highest BCUT2D eigenvalue weighted by molar-refractivity contribution is 6.31. The van der Waals surface area contributed by atoms with Crippen LogP contribution in [0.2, 0.25) is 5.02 Å². The highest BCUT2D eigenvalue weighted by atomic mass is 35.5. The Hall–Kier alpha value is -2.08. The largest absolute Gasteiger partial charge is 0.494 e. The number of amides is 1. The monoisotopic (exact) mass is 376 g/mol. The van der Waals surface area contributed by atoms with Gasteiger partial charge in [0.25, 0.3) is 0 Å². The molecule has 26 heavy (non-hydrogen) atoms. The summed E-state index contributed by atoms with van der Waals surface area (Å²) in [7, 11) is 0. The number of aryl methyl sites for hydroxylation is 2. The molecule has 1 aliphatic rings. The van der Waals surface area contributed by atoms with Crippen molar-refractivity contribution in [3.05, 3.63) is 40.4 Å². The second-order valence-electron chi connectivity index (χ2n) is 6.63. The minimum Gasteiger partial charge on any atom is -0.494 e. The number of nitrogens with zero attached hydrogens (tertiary/aromatic N) is 3. The van der Waals surface area contributed by atoms with Gasteiger partial charge in [0.05, 0.1) is 13.2 Å². The Bertz CT molecular complexity index is 760. The Morgan fingerprint density at radius 2 is 2.19 bits per heavy atom. The molecule has 0 saturated heterocycles. The van der Waals surface area contributed by atoms with E-state index in [1.54, 1.807) is 0 Å². The van der Waals surface area contributed by atoms with Crippen LogP contribution in [0.3, 0.4) is 0 Å². The van der Waals surface area contributed by atoms with Crippen LogP contribution in [0, 0.1) is 6.92 Å². The SMILES string of the molecule is Cc1cc(OCCCC(=O)NCc2nnc3n2CCCCC3)ccc1Cl. The Morgan fingerprint density at radius 3 is 3.04 bits per heavy atom. The van der Waals surface area contributed by atoms with Crippen LogP contribution in [0.5, 0.6) is 5.75 Å². The number of halogens is 1. The van der Waals surface area contributed by atoms with E-state index in [2.05, 4.69) is 20.1 Å². The molecule has 0 aliphatic carbocycles. The van der Waals surface area contributed by atoms with E-state index >= 15 is 0 Å². The summed E-state index contributed by atoms with van der Waals surface area (Å²) in [6, 6.07) is 5.56. The second-order valence-corrected chi connectivity index (χ2v) is 7.04. The third kappa shape index (κ3) is 4.97. The number of fused-ring (bicyclic) bond motifs is 1. The minimum absolute atomic E-state index is 0.00635. The van der Waals surface area contributed by atoms with Gasteiger partial charge in [-0.1, -0.05) is 18.0 Å². The van der Waals surface area contributed by atoms with Crippen LogP contribution in [0.15, 0.2) is 18.2 Å². The summed E-state index contributed by atoms with van der Waals surface area (Å²) in [4.78, 5) is 12.0. The second kappa shape index (κ2) is 9.03. The number of rotatable bonds is 7. The maximum atomic E-state index is 12.0. The zero-order valence-electron chi connectivity index (χ0n) is 15.1. The van der Waals surface area contributed by atoms with E-state index < -0.39 is 0 Å². The Kier molecular flexibility index (Phi) is 6.50. The fourth-order valence-electron chi connectivity index (χ4n) is 3.07. The highest BCUT2D eigenvalue weighted by Crippen LogP contribution is 2.21. The predicted molar refractivity (Wildman–Crippen MR) is 100 cm³/mol. The van der Waals surface area contributed by atoms with E-state index in [1.807, 2.05) is 25.1 Å². The van der Waals surface area contributed by atoms with E-state index in [9.17, 15) is 4.79 Å². The van der Waals surface area contributed by atoms with Gasteiger partial charge in [-0.2, -0.15) is 0 Å². The first-order chi connectivity index (χ1) is 12.6. The van der Waals surface area contributed by atoms with E-state index in [0.717, 1.165) is 53.8 Å². The van der Waals surface area contributed by atoms with Crippen molar-refractivity contribution in [1.82, 2.24) is 20.1 Å². The Labute approximate surface area is 158 Å². The lowest BCUT2D eigenvalue weighted by molar-refractivity contribution is -0.121. The molecule has 3 rings (SSSR count). The van der Waals surface area contributed by atoms with Gasteiger partial charge >= 0.3 is 0 Å². The van der Waals surface area contributed by atoms with Crippen LogP contribution in [0.1, 0.15) is 49.3 Å². The maximum Gasteiger partial charge on any atom is 0.220 e. The quantitative estimate of drug-likeness (QED) is 0.751. The van der Waals surface area contributed by atoms with Crippen molar-refractivity contribution in [3.63, 3.8) is 0 Å². The number of hydrogen-bond donors (Lipinski definition) is 1. The standard InChI is InChI=1S/C19H25ClN4O2/c1-14-12-15(8-9-16(14)20)26-11-5-7-19(25)21-13-18-23-22-17-6-3-2-4-10-24(17)18/h8-9,12H,2-7,10-11,13H2,1H3,(H,21,25). The molecule has 0 radical (unpaired) electrons. The zero-order valence-corrected chi connectivity index (χ0v) is 15.9. The van der Waals surface area contributed by atoms with Crippen LogP contribution in [-0.2, 0) is 24.3 Å². The Morgan fingerprint density at radius 1 is 1.31 bits per heavy atom. The maximum absolute atomic E-state index is 12.0. The summed E-state index contributed by atoms with van der Waals surface area (Å²) in [6.45, 7) is 3.81.